The largest absolute Gasteiger partial charge is 0.337 e. The zero-order valence-electron chi connectivity index (χ0n) is 10.6. The highest BCUT2D eigenvalue weighted by Crippen LogP contribution is 2.19. The third kappa shape index (κ3) is 3.68. The molecule has 0 aliphatic carbocycles. The molecule has 18 heavy (non-hydrogen) atoms. The van der Waals surface area contributed by atoms with Gasteiger partial charge in [0, 0.05) is 24.5 Å². The van der Waals surface area contributed by atoms with Crippen molar-refractivity contribution in [3.05, 3.63) is 19.9 Å². The number of hydrogen-bond acceptors (Lipinski definition) is 3. The summed E-state index contributed by atoms with van der Waals surface area (Å²) in [5, 5.41) is 5.43. The SMILES string of the molecule is CCCN(CC1CCCN1)C(=O)c1csc(I)c1. The van der Waals surface area contributed by atoms with E-state index in [1.165, 1.54) is 15.7 Å². The molecule has 0 saturated carbocycles. The molecule has 1 aliphatic heterocycles. The third-order valence-corrected chi connectivity index (χ3v) is 4.99. The van der Waals surface area contributed by atoms with Crippen LogP contribution in [0.3, 0.4) is 0 Å². The topological polar surface area (TPSA) is 32.3 Å². The number of carbonyl (C=O) groups is 1. The average Bonchev–Trinajstić information content (AvgIpc) is 2.99. The monoisotopic (exact) mass is 378 g/mol. The first-order valence-electron chi connectivity index (χ1n) is 6.47. The Kier molecular flexibility index (Phi) is 5.44. The van der Waals surface area contributed by atoms with Crippen molar-refractivity contribution >= 4 is 39.8 Å². The quantitative estimate of drug-likeness (QED) is 0.800. The van der Waals surface area contributed by atoms with Crippen molar-refractivity contribution in [3.8, 4) is 0 Å². The number of rotatable bonds is 5. The number of hydrogen-bond donors (Lipinski definition) is 1. The van der Waals surface area contributed by atoms with Crippen molar-refractivity contribution in [3.63, 3.8) is 0 Å². The average molecular weight is 378 g/mol. The van der Waals surface area contributed by atoms with Crippen LogP contribution in [0.15, 0.2) is 11.4 Å². The van der Waals surface area contributed by atoms with Gasteiger partial charge >= 0.3 is 0 Å². The summed E-state index contributed by atoms with van der Waals surface area (Å²) in [5.41, 5.74) is 0.843. The molecule has 1 aromatic rings. The molecule has 1 saturated heterocycles. The van der Waals surface area contributed by atoms with E-state index in [9.17, 15) is 4.79 Å². The van der Waals surface area contributed by atoms with Crippen molar-refractivity contribution in [1.82, 2.24) is 10.2 Å². The molecule has 1 N–H and O–H groups in total. The third-order valence-electron chi connectivity index (χ3n) is 3.20. The van der Waals surface area contributed by atoms with E-state index in [0.717, 1.165) is 31.6 Å². The second kappa shape index (κ2) is 6.86. The fourth-order valence-corrected chi connectivity index (χ4v) is 3.65. The van der Waals surface area contributed by atoms with Crippen LogP contribution in [0.5, 0.6) is 0 Å². The lowest BCUT2D eigenvalue weighted by atomic mass is 10.2. The molecule has 0 bridgehead atoms. The second-order valence-electron chi connectivity index (χ2n) is 4.68. The maximum Gasteiger partial charge on any atom is 0.254 e. The Morgan fingerprint density at radius 1 is 1.67 bits per heavy atom. The smallest absolute Gasteiger partial charge is 0.254 e. The van der Waals surface area contributed by atoms with Crippen molar-refractivity contribution in [2.75, 3.05) is 19.6 Å². The van der Waals surface area contributed by atoms with E-state index in [1.54, 1.807) is 11.3 Å². The Morgan fingerprint density at radius 3 is 3.06 bits per heavy atom. The molecule has 2 heterocycles. The summed E-state index contributed by atoms with van der Waals surface area (Å²) in [6.45, 7) is 4.91. The Labute approximate surface area is 126 Å². The van der Waals surface area contributed by atoms with Crippen LogP contribution in [0.4, 0.5) is 0 Å². The van der Waals surface area contributed by atoms with E-state index in [1.807, 2.05) is 16.3 Å². The van der Waals surface area contributed by atoms with Crippen molar-refractivity contribution < 1.29 is 4.79 Å². The van der Waals surface area contributed by atoms with Crippen molar-refractivity contribution in [2.45, 2.75) is 32.2 Å². The molecule has 0 aromatic carbocycles. The fraction of sp³-hybridized carbons (Fsp3) is 0.615. The molecule has 0 spiro atoms. The highest BCUT2D eigenvalue weighted by molar-refractivity contribution is 14.1. The van der Waals surface area contributed by atoms with E-state index >= 15 is 0 Å². The molecule has 5 heteroatoms. The number of halogens is 1. The maximum atomic E-state index is 12.4. The number of nitrogens with zero attached hydrogens (tertiary/aromatic N) is 1. The first-order valence-corrected chi connectivity index (χ1v) is 8.43. The van der Waals surface area contributed by atoms with E-state index in [4.69, 9.17) is 0 Å². The van der Waals surface area contributed by atoms with Gasteiger partial charge in [0.1, 0.15) is 0 Å². The number of amides is 1. The summed E-state index contributed by atoms with van der Waals surface area (Å²) in [6, 6.07) is 2.47. The van der Waals surface area contributed by atoms with Crippen LogP contribution in [0, 0.1) is 2.88 Å². The predicted octanol–water partition coefficient (Wildman–Crippen LogP) is 2.96. The lowest BCUT2D eigenvalue weighted by Gasteiger charge is -2.25. The van der Waals surface area contributed by atoms with Gasteiger partial charge < -0.3 is 10.2 Å². The zero-order chi connectivity index (χ0) is 13.0. The van der Waals surface area contributed by atoms with Crippen molar-refractivity contribution in [1.29, 1.82) is 0 Å². The minimum atomic E-state index is 0.185. The van der Waals surface area contributed by atoms with Gasteiger partial charge in [-0.05, 0) is 54.5 Å². The Morgan fingerprint density at radius 2 is 2.50 bits per heavy atom. The van der Waals surface area contributed by atoms with Crippen LogP contribution in [0.2, 0.25) is 0 Å². The highest BCUT2D eigenvalue weighted by atomic mass is 127. The van der Waals surface area contributed by atoms with Gasteiger partial charge in [0.2, 0.25) is 0 Å². The minimum absolute atomic E-state index is 0.185. The number of nitrogens with one attached hydrogen (secondary N) is 1. The van der Waals surface area contributed by atoms with Crippen molar-refractivity contribution in [2.24, 2.45) is 0 Å². The second-order valence-corrected chi connectivity index (χ2v) is 7.49. The normalized spacial score (nSPS) is 19.1. The molecule has 100 valence electrons. The maximum absolute atomic E-state index is 12.4. The van der Waals surface area contributed by atoms with E-state index in [0.29, 0.717) is 6.04 Å². The standard InChI is InChI=1S/C13H19IN2OS/c1-2-6-16(8-11-4-3-5-15-11)13(17)10-7-12(14)18-9-10/h7,9,11,15H,2-6,8H2,1H3. The van der Waals surface area contributed by atoms with Gasteiger partial charge in [-0.1, -0.05) is 6.92 Å². The summed E-state index contributed by atoms with van der Waals surface area (Å²) in [4.78, 5) is 14.4. The first kappa shape index (κ1) is 14.3. The zero-order valence-corrected chi connectivity index (χ0v) is 13.6. The highest BCUT2D eigenvalue weighted by Gasteiger charge is 2.22. The summed E-state index contributed by atoms with van der Waals surface area (Å²) < 4.78 is 1.17. The van der Waals surface area contributed by atoms with Gasteiger partial charge in [0.05, 0.1) is 8.45 Å². The molecule has 1 amide bonds. The summed E-state index contributed by atoms with van der Waals surface area (Å²) in [5.74, 6) is 0.185. The molecule has 1 unspecified atom stereocenters. The van der Waals surface area contributed by atoms with E-state index < -0.39 is 0 Å². The van der Waals surface area contributed by atoms with Gasteiger partial charge in [-0.3, -0.25) is 4.79 Å². The molecule has 1 atom stereocenters. The Balaban J connectivity index is 2.01. The van der Waals surface area contributed by atoms with Crippen LogP contribution in [0.25, 0.3) is 0 Å². The molecular weight excluding hydrogens is 359 g/mol. The van der Waals surface area contributed by atoms with Gasteiger partial charge in [-0.2, -0.15) is 0 Å². The summed E-state index contributed by atoms with van der Waals surface area (Å²) in [7, 11) is 0. The van der Waals surface area contributed by atoms with Crippen LogP contribution in [-0.4, -0.2) is 36.5 Å². The molecule has 1 fully saturated rings. The molecule has 0 radical (unpaired) electrons. The van der Waals surface area contributed by atoms with E-state index in [2.05, 4.69) is 34.8 Å². The molecule has 2 rings (SSSR count). The van der Waals surface area contributed by atoms with Crippen LogP contribution < -0.4 is 5.32 Å². The molecule has 3 nitrogen and oxygen atoms in total. The fourth-order valence-electron chi connectivity index (χ4n) is 2.33. The number of carbonyl (C=O) groups excluding carboxylic acids is 1. The lowest BCUT2D eigenvalue weighted by Crippen LogP contribution is -2.41. The van der Waals surface area contributed by atoms with Gasteiger partial charge in [-0.25, -0.2) is 0 Å². The molecular formula is C13H19IN2OS. The minimum Gasteiger partial charge on any atom is -0.337 e. The van der Waals surface area contributed by atoms with Crippen LogP contribution in [0.1, 0.15) is 36.5 Å². The van der Waals surface area contributed by atoms with Gasteiger partial charge in [0.15, 0.2) is 0 Å². The summed E-state index contributed by atoms with van der Waals surface area (Å²) in [6.07, 6.45) is 3.43. The first-order chi connectivity index (χ1) is 8.70. The predicted molar refractivity (Wildman–Crippen MR) is 84.3 cm³/mol. The Hall–Kier alpha value is -0.140. The van der Waals surface area contributed by atoms with Crippen LogP contribution >= 0.6 is 33.9 Å². The van der Waals surface area contributed by atoms with Crippen LogP contribution in [-0.2, 0) is 0 Å². The van der Waals surface area contributed by atoms with E-state index in [-0.39, 0.29) is 5.91 Å². The number of thiophene rings is 1. The molecule has 1 aromatic heterocycles. The van der Waals surface area contributed by atoms with Gasteiger partial charge in [0.25, 0.3) is 5.91 Å². The Bertz CT molecular complexity index is 401. The summed E-state index contributed by atoms with van der Waals surface area (Å²) >= 11 is 3.90. The lowest BCUT2D eigenvalue weighted by molar-refractivity contribution is 0.0742. The van der Waals surface area contributed by atoms with Gasteiger partial charge in [-0.15, -0.1) is 11.3 Å². The molecule has 1 aliphatic rings.